The Labute approximate surface area is 185 Å². The molecule has 2 aliphatic heterocycles. The predicted octanol–water partition coefficient (Wildman–Crippen LogP) is 1.63. The van der Waals surface area contributed by atoms with Crippen LogP contribution in [0, 0.1) is 0 Å². The average Bonchev–Trinajstić information content (AvgIpc) is 3.56. The molecular weight excluding hydrogens is 410 g/mol. The van der Waals surface area contributed by atoms with E-state index in [0.29, 0.717) is 36.8 Å². The summed E-state index contributed by atoms with van der Waals surface area (Å²) >= 11 is 0. The molecule has 2 fully saturated rings. The summed E-state index contributed by atoms with van der Waals surface area (Å²) in [6.45, 7) is 3.92. The highest BCUT2D eigenvalue weighted by molar-refractivity contribution is 6.04. The van der Waals surface area contributed by atoms with E-state index < -0.39 is 0 Å². The Hall–Kier alpha value is -3.27. The van der Waals surface area contributed by atoms with Gasteiger partial charge in [0.25, 0.3) is 5.91 Å². The number of nitrogens with zero attached hydrogens (tertiary/aromatic N) is 6. The third kappa shape index (κ3) is 3.97. The minimum absolute atomic E-state index is 0.112. The van der Waals surface area contributed by atoms with Crippen molar-refractivity contribution in [1.82, 2.24) is 35.0 Å². The third-order valence-corrected chi connectivity index (χ3v) is 6.38. The lowest BCUT2D eigenvalue weighted by Gasteiger charge is -2.32. The molecule has 0 aliphatic carbocycles. The van der Waals surface area contributed by atoms with Gasteiger partial charge < -0.3 is 19.2 Å². The van der Waals surface area contributed by atoms with Gasteiger partial charge in [0.15, 0.2) is 11.5 Å². The second kappa shape index (κ2) is 8.70. The second-order valence-corrected chi connectivity index (χ2v) is 8.50. The van der Waals surface area contributed by atoms with Crippen LogP contribution in [-0.4, -0.2) is 86.6 Å². The Balaban J connectivity index is 1.24. The Morgan fingerprint density at radius 2 is 1.97 bits per heavy atom. The zero-order chi connectivity index (χ0) is 22.1. The summed E-state index contributed by atoms with van der Waals surface area (Å²) < 4.78 is 5.42. The van der Waals surface area contributed by atoms with E-state index in [1.807, 2.05) is 29.2 Å². The number of fused-ring (bicyclic) bond motifs is 1. The lowest BCUT2D eigenvalue weighted by Crippen LogP contribution is -2.47. The summed E-state index contributed by atoms with van der Waals surface area (Å²) in [6.07, 6.45) is 2.39. The highest BCUT2D eigenvalue weighted by atomic mass is 16.5. The van der Waals surface area contributed by atoms with Crippen LogP contribution in [0.1, 0.15) is 47.5 Å². The largest absolute Gasteiger partial charge is 0.340 e. The van der Waals surface area contributed by atoms with Gasteiger partial charge in [-0.15, -0.1) is 0 Å². The normalized spacial score (nSPS) is 19.7. The van der Waals surface area contributed by atoms with Crippen LogP contribution in [0.2, 0.25) is 0 Å². The van der Waals surface area contributed by atoms with E-state index in [9.17, 15) is 9.59 Å². The van der Waals surface area contributed by atoms with Crippen LogP contribution >= 0.6 is 0 Å². The number of hydrogen-bond donors (Lipinski definition) is 1. The molecule has 2 saturated heterocycles. The van der Waals surface area contributed by atoms with Gasteiger partial charge in [0, 0.05) is 51.0 Å². The molecule has 10 heteroatoms. The number of benzene rings is 1. The zero-order valence-corrected chi connectivity index (χ0v) is 18.2. The van der Waals surface area contributed by atoms with Crippen molar-refractivity contribution in [1.29, 1.82) is 0 Å². The predicted molar refractivity (Wildman–Crippen MR) is 116 cm³/mol. The van der Waals surface area contributed by atoms with E-state index in [0.717, 1.165) is 49.9 Å². The first-order valence-corrected chi connectivity index (χ1v) is 11.1. The molecule has 1 unspecified atom stereocenters. The van der Waals surface area contributed by atoms with Gasteiger partial charge in [-0.2, -0.15) is 10.1 Å². The summed E-state index contributed by atoms with van der Waals surface area (Å²) in [5, 5.41) is 12.1. The number of H-pyrrole nitrogens is 1. The number of piperazine rings is 1. The summed E-state index contributed by atoms with van der Waals surface area (Å²) in [5.41, 5.74) is 1.24. The average molecular weight is 438 g/mol. The quantitative estimate of drug-likeness (QED) is 0.646. The molecular formula is C22H27N7O3. The van der Waals surface area contributed by atoms with Gasteiger partial charge in [-0.05, 0) is 26.0 Å². The first kappa shape index (κ1) is 20.6. The fourth-order valence-electron chi connectivity index (χ4n) is 4.47. The van der Waals surface area contributed by atoms with Crippen molar-refractivity contribution in [3.63, 3.8) is 0 Å². The summed E-state index contributed by atoms with van der Waals surface area (Å²) in [6, 6.07) is 7.34. The molecule has 168 valence electrons. The van der Waals surface area contributed by atoms with Crippen LogP contribution in [0.4, 0.5) is 0 Å². The standard InChI is InChI=1S/C22H27N7O3/c1-27-11-13-28(14-12-27)19(30)9-8-18-23-21(26-32-18)17-7-4-10-29(17)22(31)20-15-5-2-3-6-16(15)24-25-20/h2-3,5-6,17H,4,7-14H2,1H3,(H,24,25). The number of aromatic nitrogens is 4. The Bertz CT molecular complexity index is 1120. The number of nitrogens with one attached hydrogen (secondary N) is 1. The number of rotatable bonds is 5. The fraction of sp³-hybridized carbons (Fsp3) is 0.500. The highest BCUT2D eigenvalue weighted by Crippen LogP contribution is 2.32. The molecule has 32 heavy (non-hydrogen) atoms. The molecule has 10 nitrogen and oxygen atoms in total. The summed E-state index contributed by atoms with van der Waals surface area (Å²) in [5.74, 6) is 0.909. The van der Waals surface area contributed by atoms with Crippen molar-refractivity contribution in [2.75, 3.05) is 39.8 Å². The van der Waals surface area contributed by atoms with E-state index in [1.54, 1.807) is 4.90 Å². The van der Waals surface area contributed by atoms with Crippen molar-refractivity contribution < 1.29 is 14.1 Å². The molecule has 5 rings (SSSR count). The second-order valence-electron chi connectivity index (χ2n) is 8.50. The molecule has 1 N–H and O–H groups in total. The van der Waals surface area contributed by atoms with Gasteiger partial charge in [-0.1, -0.05) is 23.4 Å². The van der Waals surface area contributed by atoms with E-state index in [2.05, 4.69) is 32.3 Å². The van der Waals surface area contributed by atoms with Crippen molar-refractivity contribution in [3.05, 3.63) is 41.7 Å². The van der Waals surface area contributed by atoms with Crippen molar-refractivity contribution in [2.24, 2.45) is 0 Å². The topological polar surface area (TPSA) is 111 Å². The number of hydrogen-bond acceptors (Lipinski definition) is 7. The molecule has 4 heterocycles. The maximum atomic E-state index is 13.2. The number of aryl methyl sites for hydroxylation is 1. The maximum absolute atomic E-state index is 13.2. The number of para-hydroxylation sites is 1. The van der Waals surface area contributed by atoms with Crippen molar-refractivity contribution in [3.8, 4) is 0 Å². The van der Waals surface area contributed by atoms with Gasteiger partial charge in [-0.25, -0.2) is 0 Å². The first-order chi connectivity index (χ1) is 15.6. The lowest BCUT2D eigenvalue weighted by atomic mass is 10.1. The minimum Gasteiger partial charge on any atom is -0.340 e. The third-order valence-electron chi connectivity index (χ3n) is 6.38. The molecule has 2 aliphatic rings. The minimum atomic E-state index is -0.246. The fourth-order valence-corrected chi connectivity index (χ4v) is 4.47. The number of amides is 2. The molecule has 1 aromatic carbocycles. The Kier molecular flexibility index (Phi) is 5.60. The van der Waals surface area contributed by atoms with Crippen molar-refractivity contribution >= 4 is 22.7 Å². The molecule has 0 saturated carbocycles. The molecule has 0 radical (unpaired) electrons. The highest BCUT2D eigenvalue weighted by Gasteiger charge is 2.35. The smallest absolute Gasteiger partial charge is 0.275 e. The van der Waals surface area contributed by atoms with Gasteiger partial charge >= 0.3 is 0 Å². The van der Waals surface area contributed by atoms with Gasteiger partial charge in [0.2, 0.25) is 11.8 Å². The van der Waals surface area contributed by atoms with Gasteiger partial charge in [0.1, 0.15) is 0 Å². The molecule has 3 aromatic rings. The molecule has 1 atom stereocenters. The first-order valence-electron chi connectivity index (χ1n) is 11.1. The number of carbonyl (C=O) groups excluding carboxylic acids is 2. The zero-order valence-electron chi connectivity index (χ0n) is 18.2. The van der Waals surface area contributed by atoms with Crippen LogP contribution in [-0.2, 0) is 11.2 Å². The van der Waals surface area contributed by atoms with Crippen LogP contribution < -0.4 is 0 Å². The maximum Gasteiger partial charge on any atom is 0.275 e. The van der Waals surface area contributed by atoms with E-state index in [-0.39, 0.29) is 17.9 Å². The number of likely N-dealkylation sites (N-methyl/N-ethyl adjacent to an activating group) is 1. The van der Waals surface area contributed by atoms with Crippen LogP contribution in [0.25, 0.3) is 10.9 Å². The lowest BCUT2D eigenvalue weighted by molar-refractivity contribution is -0.132. The van der Waals surface area contributed by atoms with E-state index in [4.69, 9.17) is 4.52 Å². The SMILES string of the molecule is CN1CCN(C(=O)CCc2nc(C3CCCN3C(=O)c3n[nH]c4ccccc34)no2)CC1. The number of aromatic amines is 1. The number of likely N-dealkylation sites (tertiary alicyclic amines) is 1. The molecule has 2 aromatic heterocycles. The summed E-state index contributed by atoms with van der Waals surface area (Å²) in [7, 11) is 2.06. The van der Waals surface area contributed by atoms with Crippen LogP contribution in [0.15, 0.2) is 28.8 Å². The van der Waals surface area contributed by atoms with Gasteiger partial charge in [-0.3, -0.25) is 14.7 Å². The Morgan fingerprint density at radius 1 is 1.16 bits per heavy atom. The van der Waals surface area contributed by atoms with E-state index >= 15 is 0 Å². The molecule has 0 bridgehead atoms. The van der Waals surface area contributed by atoms with E-state index in [1.165, 1.54) is 0 Å². The number of carbonyl (C=O) groups is 2. The van der Waals surface area contributed by atoms with Gasteiger partial charge in [0.05, 0.1) is 11.6 Å². The Morgan fingerprint density at radius 3 is 2.81 bits per heavy atom. The van der Waals surface area contributed by atoms with Crippen molar-refractivity contribution in [2.45, 2.75) is 31.7 Å². The van der Waals surface area contributed by atoms with Crippen LogP contribution in [0.5, 0.6) is 0 Å². The monoisotopic (exact) mass is 437 g/mol. The molecule has 2 amide bonds. The van der Waals surface area contributed by atoms with Crippen LogP contribution in [0.3, 0.4) is 0 Å². The molecule has 0 spiro atoms. The summed E-state index contributed by atoms with van der Waals surface area (Å²) in [4.78, 5) is 36.1.